The Balaban J connectivity index is 2.04. The highest BCUT2D eigenvalue weighted by atomic mass is 79.9. The number of halogens is 3. The van der Waals surface area contributed by atoms with E-state index in [1.54, 1.807) is 6.07 Å². The van der Waals surface area contributed by atoms with Gasteiger partial charge < -0.3 is 11.5 Å². The van der Waals surface area contributed by atoms with Crippen molar-refractivity contribution >= 4 is 44.9 Å². The minimum Gasteiger partial charge on any atom is -0.383 e. The highest BCUT2D eigenvalue weighted by molar-refractivity contribution is 9.10. The number of benzene rings is 2. The maximum Gasteiger partial charge on any atom is 0.129 e. The number of pyridine rings is 1. The Labute approximate surface area is 164 Å². The van der Waals surface area contributed by atoms with Crippen LogP contribution in [0.3, 0.4) is 0 Å². The van der Waals surface area contributed by atoms with Crippen LogP contribution in [0, 0.1) is 0 Å². The third-order valence-corrected chi connectivity index (χ3v) is 5.57. The Morgan fingerprint density at radius 1 is 1.08 bits per heavy atom. The van der Waals surface area contributed by atoms with E-state index in [1.165, 1.54) is 5.56 Å². The van der Waals surface area contributed by atoms with Crippen molar-refractivity contribution in [2.75, 3.05) is 5.73 Å². The second-order valence-corrected chi connectivity index (χ2v) is 7.74. The topological polar surface area (TPSA) is 64.9 Å². The molecule has 0 atom stereocenters. The lowest BCUT2D eigenvalue weighted by Gasteiger charge is -2.17. The van der Waals surface area contributed by atoms with Crippen LogP contribution in [0.5, 0.6) is 0 Å². The summed E-state index contributed by atoms with van der Waals surface area (Å²) in [5.41, 5.74) is 19.2. The van der Waals surface area contributed by atoms with E-state index in [2.05, 4.69) is 33.0 Å². The standard InChI is InChI=1S/C19H14BrCl2N3/c20-10-1-3-12-9(5-10)6-14-17(13-4-2-11(21)7-16(13)22)15(8-23)19(24)25-18(12)14/h1-5,7H,6,8,23H2,(H2,24,25). The van der Waals surface area contributed by atoms with Gasteiger partial charge in [0.2, 0.25) is 0 Å². The number of fused-ring (bicyclic) bond motifs is 3. The smallest absolute Gasteiger partial charge is 0.129 e. The number of anilines is 1. The first kappa shape index (κ1) is 16.9. The summed E-state index contributed by atoms with van der Waals surface area (Å²) in [4.78, 5) is 4.64. The van der Waals surface area contributed by atoms with Gasteiger partial charge >= 0.3 is 0 Å². The summed E-state index contributed by atoms with van der Waals surface area (Å²) in [7, 11) is 0. The van der Waals surface area contributed by atoms with E-state index in [0.717, 1.165) is 44.4 Å². The zero-order valence-electron chi connectivity index (χ0n) is 13.1. The molecule has 1 aliphatic carbocycles. The van der Waals surface area contributed by atoms with E-state index in [0.29, 0.717) is 22.4 Å². The molecule has 3 nitrogen and oxygen atoms in total. The molecule has 126 valence electrons. The van der Waals surface area contributed by atoms with Gasteiger partial charge in [-0.1, -0.05) is 51.3 Å². The predicted octanol–water partition coefficient (Wildman–Crippen LogP) is 5.43. The largest absolute Gasteiger partial charge is 0.383 e. The molecule has 1 aromatic heterocycles. The van der Waals surface area contributed by atoms with Crippen molar-refractivity contribution in [3.63, 3.8) is 0 Å². The molecule has 4 N–H and O–H groups in total. The van der Waals surface area contributed by atoms with Crippen LogP contribution >= 0.6 is 39.1 Å². The van der Waals surface area contributed by atoms with E-state index < -0.39 is 0 Å². The van der Waals surface area contributed by atoms with Gasteiger partial charge in [0.1, 0.15) is 5.82 Å². The number of nitrogens with two attached hydrogens (primary N) is 2. The molecule has 0 bridgehead atoms. The summed E-state index contributed by atoms with van der Waals surface area (Å²) in [6.45, 7) is 0.292. The van der Waals surface area contributed by atoms with Gasteiger partial charge in [-0.15, -0.1) is 0 Å². The molecule has 0 unspecified atom stereocenters. The van der Waals surface area contributed by atoms with E-state index >= 15 is 0 Å². The minimum atomic E-state index is 0.292. The van der Waals surface area contributed by atoms with Gasteiger partial charge in [0, 0.05) is 44.2 Å². The Hall–Kier alpha value is -1.59. The van der Waals surface area contributed by atoms with Gasteiger partial charge in [-0.3, -0.25) is 0 Å². The highest BCUT2D eigenvalue weighted by Gasteiger charge is 2.27. The van der Waals surface area contributed by atoms with Crippen molar-refractivity contribution < 1.29 is 0 Å². The summed E-state index contributed by atoms with van der Waals surface area (Å²) < 4.78 is 1.04. The summed E-state index contributed by atoms with van der Waals surface area (Å²) in [6, 6.07) is 11.7. The molecule has 0 amide bonds. The number of nitrogens with zero attached hydrogens (tertiary/aromatic N) is 1. The molecule has 0 fully saturated rings. The lowest BCUT2D eigenvalue weighted by Crippen LogP contribution is -2.09. The molecule has 2 aromatic carbocycles. The lowest BCUT2D eigenvalue weighted by molar-refractivity contribution is 1.05. The Morgan fingerprint density at radius 3 is 2.56 bits per heavy atom. The number of hydrogen-bond acceptors (Lipinski definition) is 3. The first-order chi connectivity index (χ1) is 12.0. The fourth-order valence-corrected chi connectivity index (χ4v) is 4.34. The molecule has 0 spiro atoms. The van der Waals surface area contributed by atoms with E-state index in [4.69, 9.17) is 34.7 Å². The maximum absolute atomic E-state index is 6.49. The number of aromatic nitrogens is 1. The summed E-state index contributed by atoms with van der Waals surface area (Å²) >= 11 is 16.1. The molecule has 4 rings (SSSR count). The quantitative estimate of drug-likeness (QED) is 0.442. The third-order valence-electron chi connectivity index (χ3n) is 4.53. The molecule has 1 aliphatic rings. The van der Waals surface area contributed by atoms with Crippen LogP contribution in [-0.4, -0.2) is 4.98 Å². The molecule has 6 heteroatoms. The fraction of sp³-hybridized carbons (Fsp3) is 0.105. The maximum atomic E-state index is 6.49. The van der Waals surface area contributed by atoms with Crippen LogP contribution < -0.4 is 11.5 Å². The van der Waals surface area contributed by atoms with Crippen LogP contribution in [0.4, 0.5) is 5.82 Å². The molecule has 3 aromatic rings. The normalized spacial score (nSPS) is 12.2. The molecule has 0 saturated carbocycles. The van der Waals surface area contributed by atoms with Crippen LogP contribution in [0.2, 0.25) is 10.0 Å². The van der Waals surface area contributed by atoms with Crippen LogP contribution in [-0.2, 0) is 13.0 Å². The molecular weight excluding hydrogens is 421 g/mol. The van der Waals surface area contributed by atoms with Crippen LogP contribution in [0.15, 0.2) is 40.9 Å². The highest BCUT2D eigenvalue weighted by Crippen LogP contribution is 2.45. The SMILES string of the molecule is NCc1c(N)nc2c(c1-c1ccc(Cl)cc1Cl)Cc1cc(Br)ccc1-2. The monoisotopic (exact) mass is 433 g/mol. The first-order valence-electron chi connectivity index (χ1n) is 7.75. The summed E-state index contributed by atoms with van der Waals surface area (Å²) in [5, 5.41) is 1.17. The zero-order valence-corrected chi connectivity index (χ0v) is 16.2. The summed E-state index contributed by atoms with van der Waals surface area (Å²) in [5.74, 6) is 0.443. The fourth-order valence-electron chi connectivity index (χ4n) is 3.43. The minimum absolute atomic E-state index is 0.292. The van der Waals surface area contributed by atoms with E-state index in [9.17, 15) is 0 Å². The lowest BCUT2D eigenvalue weighted by atomic mass is 9.93. The van der Waals surface area contributed by atoms with Crippen molar-refractivity contribution in [3.05, 3.63) is 67.6 Å². The van der Waals surface area contributed by atoms with Crippen molar-refractivity contribution in [2.45, 2.75) is 13.0 Å². The van der Waals surface area contributed by atoms with Gasteiger partial charge in [0.05, 0.1) is 5.69 Å². The number of nitrogen functional groups attached to an aromatic ring is 1. The second kappa shape index (κ2) is 6.29. The molecular formula is C19H14BrCl2N3. The summed E-state index contributed by atoms with van der Waals surface area (Å²) in [6.07, 6.45) is 0.763. The van der Waals surface area contributed by atoms with Crippen molar-refractivity contribution in [3.8, 4) is 22.4 Å². The molecule has 25 heavy (non-hydrogen) atoms. The van der Waals surface area contributed by atoms with Gasteiger partial charge in [0.25, 0.3) is 0 Å². The predicted molar refractivity (Wildman–Crippen MR) is 108 cm³/mol. The average molecular weight is 435 g/mol. The van der Waals surface area contributed by atoms with E-state index in [1.807, 2.05) is 18.2 Å². The Morgan fingerprint density at radius 2 is 1.84 bits per heavy atom. The number of rotatable bonds is 2. The molecule has 1 heterocycles. The molecule has 0 radical (unpaired) electrons. The average Bonchev–Trinajstić information content (AvgIpc) is 2.91. The third kappa shape index (κ3) is 2.74. The van der Waals surface area contributed by atoms with Crippen molar-refractivity contribution in [1.82, 2.24) is 4.98 Å². The van der Waals surface area contributed by atoms with Gasteiger partial charge in [-0.05, 0) is 41.0 Å². The van der Waals surface area contributed by atoms with Gasteiger partial charge in [0.15, 0.2) is 0 Å². The van der Waals surface area contributed by atoms with Crippen LogP contribution in [0.1, 0.15) is 16.7 Å². The Bertz CT molecular complexity index is 1020. The first-order valence-corrected chi connectivity index (χ1v) is 9.30. The Kier molecular flexibility index (Phi) is 4.24. The van der Waals surface area contributed by atoms with E-state index in [-0.39, 0.29) is 0 Å². The molecule has 0 saturated heterocycles. The van der Waals surface area contributed by atoms with Gasteiger partial charge in [-0.2, -0.15) is 0 Å². The van der Waals surface area contributed by atoms with Crippen molar-refractivity contribution in [2.24, 2.45) is 5.73 Å². The number of hydrogen-bond donors (Lipinski definition) is 2. The molecule has 0 aliphatic heterocycles. The van der Waals surface area contributed by atoms with Gasteiger partial charge in [-0.25, -0.2) is 4.98 Å². The van der Waals surface area contributed by atoms with Crippen LogP contribution in [0.25, 0.3) is 22.4 Å². The van der Waals surface area contributed by atoms with Crippen molar-refractivity contribution in [1.29, 1.82) is 0 Å². The second-order valence-electron chi connectivity index (χ2n) is 5.98. The zero-order chi connectivity index (χ0) is 17.7.